The summed E-state index contributed by atoms with van der Waals surface area (Å²) in [6, 6.07) is 7.12. The molecule has 3 heterocycles. The molecule has 1 atom stereocenters. The van der Waals surface area contributed by atoms with Crippen LogP contribution in [0.2, 0.25) is 0 Å². The highest BCUT2D eigenvalue weighted by Crippen LogP contribution is 2.29. The van der Waals surface area contributed by atoms with E-state index in [1.165, 1.54) is 13.2 Å². The fourth-order valence-corrected chi connectivity index (χ4v) is 4.27. The normalized spacial score (nSPS) is 15.6. The zero-order chi connectivity index (χ0) is 23.4. The van der Waals surface area contributed by atoms with Crippen LogP contribution in [0.3, 0.4) is 0 Å². The Morgan fingerprint density at radius 3 is 2.85 bits per heavy atom. The van der Waals surface area contributed by atoms with Gasteiger partial charge in [-0.25, -0.2) is 0 Å². The maximum Gasteiger partial charge on any atom is 0.286 e. The van der Waals surface area contributed by atoms with Gasteiger partial charge in [0, 0.05) is 42.8 Å². The molecule has 1 fully saturated rings. The van der Waals surface area contributed by atoms with Crippen molar-refractivity contribution < 1.29 is 19.1 Å². The Morgan fingerprint density at radius 2 is 2.15 bits per heavy atom. The Balaban J connectivity index is 1.46. The van der Waals surface area contributed by atoms with E-state index in [0.29, 0.717) is 17.9 Å². The summed E-state index contributed by atoms with van der Waals surface area (Å²) in [7, 11) is 3.34. The van der Waals surface area contributed by atoms with E-state index >= 15 is 0 Å². The average molecular weight is 464 g/mol. The van der Waals surface area contributed by atoms with E-state index in [1.807, 2.05) is 19.3 Å². The summed E-state index contributed by atoms with van der Waals surface area (Å²) in [5.74, 6) is -0.174. The van der Waals surface area contributed by atoms with Gasteiger partial charge in [-0.3, -0.25) is 29.4 Å². The number of hydrogen-bond donors (Lipinski definition) is 2. The lowest BCUT2D eigenvalue weighted by molar-refractivity contribution is -0.119. The van der Waals surface area contributed by atoms with Crippen LogP contribution in [0.5, 0.6) is 5.75 Å². The number of thioether (sulfide) groups is 1. The van der Waals surface area contributed by atoms with E-state index in [1.54, 1.807) is 47.5 Å². The number of anilines is 1. The third kappa shape index (κ3) is 5.29. The maximum atomic E-state index is 12.6. The zero-order valence-electron chi connectivity index (χ0n) is 17.9. The lowest BCUT2D eigenvalue weighted by Crippen LogP contribution is -2.25. The minimum atomic E-state index is -0.473. The summed E-state index contributed by atoms with van der Waals surface area (Å²) in [5.41, 5.74) is 3.93. The Kier molecular flexibility index (Phi) is 6.55. The molecule has 2 aromatic heterocycles. The molecule has 168 valence electrons. The SMILES string of the molecule is COc1cc(CC2SC(=O)NC2=O)ccc1NC(=O)C=Cc1cnccc1-c1cnn(C)c1. The van der Waals surface area contributed by atoms with Crippen LogP contribution in [0.25, 0.3) is 17.2 Å². The first-order valence-electron chi connectivity index (χ1n) is 10.0. The second-order valence-corrected chi connectivity index (χ2v) is 8.49. The van der Waals surface area contributed by atoms with E-state index in [-0.39, 0.29) is 17.1 Å². The van der Waals surface area contributed by atoms with Crippen molar-refractivity contribution in [2.24, 2.45) is 7.05 Å². The van der Waals surface area contributed by atoms with Gasteiger partial charge in [0.05, 0.1) is 24.2 Å². The van der Waals surface area contributed by atoms with Crippen molar-refractivity contribution in [3.63, 3.8) is 0 Å². The number of aromatic nitrogens is 3. The summed E-state index contributed by atoms with van der Waals surface area (Å²) in [4.78, 5) is 39.9. The van der Waals surface area contributed by atoms with Gasteiger partial charge >= 0.3 is 0 Å². The first-order valence-corrected chi connectivity index (χ1v) is 10.9. The molecule has 1 aliphatic heterocycles. The molecule has 2 N–H and O–H groups in total. The third-order valence-electron chi connectivity index (χ3n) is 4.99. The fraction of sp³-hybridized carbons (Fsp3) is 0.174. The summed E-state index contributed by atoms with van der Waals surface area (Å²) in [6.07, 6.45) is 10.5. The topological polar surface area (TPSA) is 115 Å². The van der Waals surface area contributed by atoms with E-state index in [0.717, 1.165) is 34.0 Å². The van der Waals surface area contributed by atoms with Gasteiger partial charge in [-0.15, -0.1) is 0 Å². The predicted molar refractivity (Wildman–Crippen MR) is 126 cm³/mol. The Labute approximate surface area is 194 Å². The van der Waals surface area contributed by atoms with Crippen molar-refractivity contribution in [3.8, 4) is 16.9 Å². The number of benzene rings is 1. The van der Waals surface area contributed by atoms with Crippen LogP contribution < -0.4 is 15.4 Å². The van der Waals surface area contributed by atoms with Gasteiger partial charge in [0.15, 0.2) is 0 Å². The van der Waals surface area contributed by atoms with Crippen LogP contribution in [-0.4, -0.2) is 44.2 Å². The van der Waals surface area contributed by atoms with E-state index in [2.05, 4.69) is 20.7 Å². The van der Waals surface area contributed by atoms with E-state index < -0.39 is 5.25 Å². The average Bonchev–Trinajstić information content (AvgIpc) is 3.37. The van der Waals surface area contributed by atoms with Gasteiger partial charge in [0.2, 0.25) is 11.8 Å². The second-order valence-electron chi connectivity index (χ2n) is 7.31. The van der Waals surface area contributed by atoms with Crippen LogP contribution in [0.1, 0.15) is 11.1 Å². The summed E-state index contributed by atoms with van der Waals surface area (Å²) in [6.45, 7) is 0. The van der Waals surface area contributed by atoms with Gasteiger partial charge < -0.3 is 10.1 Å². The van der Waals surface area contributed by atoms with Crippen LogP contribution in [0.15, 0.2) is 55.1 Å². The Bertz CT molecular complexity index is 1250. The van der Waals surface area contributed by atoms with Crippen LogP contribution in [0, 0.1) is 0 Å². The number of nitrogens with zero attached hydrogens (tertiary/aromatic N) is 3. The molecule has 10 heteroatoms. The number of pyridine rings is 1. The molecule has 0 spiro atoms. The van der Waals surface area contributed by atoms with Crippen molar-refractivity contribution in [1.29, 1.82) is 0 Å². The molecule has 0 saturated carbocycles. The molecule has 1 saturated heterocycles. The molecule has 0 radical (unpaired) electrons. The van der Waals surface area contributed by atoms with Crippen molar-refractivity contribution in [3.05, 3.63) is 66.3 Å². The first-order chi connectivity index (χ1) is 15.9. The van der Waals surface area contributed by atoms with Crippen molar-refractivity contribution >= 4 is 40.6 Å². The largest absolute Gasteiger partial charge is 0.495 e. The quantitative estimate of drug-likeness (QED) is 0.518. The highest BCUT2D eigenvalue weighted by molar-refractivity contribution is 8.15. The summed E-state index contributed by atoms with van der Waals surface area (Å²) >= 11 is 0.972. The van der Waals surface area contributed by atoms with Crippen molar-refractivity contribution in [2.45, 2.75) is 11.7 Å². The lowest BCUT2D eigenvalue weighted by atomic mass is 10.0. The van der Waals surface area contributed by atoms with E-state index in [9.17, 15) is 14.4 Å². The number of rotatable bonds is 7. The Morgan fingerprint density at radius 1 is 1.30 bits per heavy atom. The molecule has 33 heavy (non-hydrogen) atoms. The first kappa shape index (κ1) is 22.3. The molecule has 0 bridgehead atoms. The number of nitrogens with one attached hydrogen (secondary N) is 2. The van der Waals surface area contributed by atoms with Crippen LogP contribution in [-0.2, 0) is 23.1 Å². The van der Waals surface area contributed by atoms with Gasteiger partial charge in [-0.2, -0.15) is 5.10 Å². The summed E-state index contributed by atoms with van der Waals surface area (Å²) < 4.78 is 7.12. The monoisotopic (exact) mass is 463 g/mol. The standard InChI is InChI=1S/C23H21N5O4S/c1-28-13-16(12-25-28)17-7-8-24-11-15(17)4-6-21(29)26-18-5-3-14(9-19(18)32-2)10-20-22(30)27-23(31)33-20/h3-9,11-13,20H,10H2,1-2H3,(H,26,29)(H,27,30,31). The second kappa shape index (κ2) is 9.70. The number of ether oxygens (including phenoxy) is 1. The number of methoxy groups -OCH3 is 1. The van der Waals surface area contributed by atoms with Gasteiger partial charge in [-0.1, -0.05) is 17.8 Å². The molecule has 3 aromatic rings. The van der Waals surface area contributed by atoms with E-state index in [4.69, 9.17) is 4.74 Å². The third-order valence-corrected chi connectivity index (χ3v) is 5.98. The highest BCUT2D eigenvalue weighted by atomic mass is 32.2. The minimum absolute atomic E-state index is 0.299. The lowest BCUT2D eigenvalue weighted by Gasteiger charge is -2.12. The van der Waals surface area contributed by atoms with Gasteiger partial charge in [0.1, 0.15) is 5.75 Å². The number of amides is 3. The number of carbonyl (C=O) groups excluding carboxylic acids is 3. The molecule has 1 aromatic carbocycles. The molecule has 3 amide bonds. The van der Waals surface area contributed by atoms with Crippen molar-refractivity contribution in [2.75, 3.05) is 12.4 Å². The number of carbonyl (C=O) groups is 3. The molecular formula is C23H21N5O4S. The van der Waals surface area contributed by atoms with Gasteiger partial charge in [-0.05, 0) is 41.8 Å². The number of hydrogen-bond acceptors (Lipinski definition) is 7. The molecule has 4 rings (SSSR count). The fourth-order valence-electron chi connectivity index (χ4n) is 3.41. The summed E-state index contributed by atoms with van der Waals surface area (Å²) in [5, 5.41) is 8.46. The molecule has 1 aliphatic rings. The van der Waals surface area contributed by atoms with Crippen molar-refractivity contribution in [1.82, 2.24) is 20.1 Å². The maximum absolute atomic E-state index is 12.6. The smallest absolute Gasteiger partial charge is 0.286 e. The van der Waals surface area contributed by atoms with Gasteiger partial charge in [0.25, 0.3) is 5.24 Å². The Hall–Kier alpha value is -3.92. The zero-order valence-corrected chi connectivity index (χ0v) is 18.8. The number of aryl methyl sites for hydroxylation is 1. The molecular weight excluding hydrogens is 442 g/mol. The molecule has 9 nitrogen and oxygen atoms in total. The van der Waals surface area contributed by atoms with Crippen LogP contribution in [0.4, 0.5) is 10.5 Å². The molecule has 1 unspecified atom stereocenters. The highest BCUT2D eigenvalue weighted by Gasteiger charge is 2.31. The number of imide groups is 1. The minimum Gasteiger partial charge on any atom is -0.495 e. The van der Waals surface area contributed by atoms with Crippen LogP contribution >= 0.6 is 11.8 Å². The molecule has 0 aliphatic carbocycles. The predicted octanol–water partition coefficient (Wildman–Crippen LogP) is 3.04.